The maximum atomic E-state index is 15.1. The average molecular weight is 448 g/mol. The van der Waals surface area contributed by atoms with Crippen molar-refractivity contribution in [1.82, 2.24) is 9.78 Å². The number of aliphatic hydroxyl groups is 1. The fourth-order valence-corrected chi connectivity index (χ4v) is 3.79. The van der Waals surface area contributed by atoms with E-state index in [-0.39, 0.29) is 16.8 Å². The lowest BCUT2D eigenvalue weighted by atomic mass is 9.93. The lowest BCUT2D eigenvalue weighted by Gasteiger charge is -2.37. The van der Waals surface area contributed by atoms with Crippen molar-refractivity contribution in [2.45, 2.75) is 25.4 Å². The molecule has 0 saturated carbocycles. The van der Waals surface area contributed by atoms with E-state index in [4.69, 9.17) is 5.41 Å². The number of benzene rings is 2. The zero-order valence-corrected chi connectivity index (χ0v) is 18.3. The molecule has 33 heavy (non-hydrogen) atoms. The van der Waals surface area contributed by atoms with Gasteiger partial charge in [-0.05, 0) is 56.2 Å². The molecule has 1 saturated heterocycles. The fourth-order valence-electron chi connectivity index (χ4n) is 3.79. The van der Waals surface area contributed by atoms with Crippen LogP contribution in [0, 0.1) is 11.2 Å². The van der Waals surface area contributed by atoms with Crippen LogP contribution in [-0.2, 0) is 0 Å². The number of hydrogen-bond acceptors (Lipinski definition) is 6. The summed E-state index contributed by atoms with van der Waals surface area (Å²) < 4.78 is 16.4. The first-order valence-electron chi connectivity index (χ1n) is 10.8. The van der Waals surface area contributed by atoms with Gasteiger partial charge < -0.3 is 20.7 Å². The maximum absolute atomic E-state index is 15.1. The van der Waals surface area contributed by atoms with E-state index in [1.165, 1.54) is 29.1 Å². The van der Waals surface area contributed by atoms with Crippen LogP contribution < -0.4 is 15.6 Å². The van der Waals surface area contributed by atoms with Crippen molar-refractivity contribution in [3.05, 3.63) is 88.6 Å². The molecule has 3 N–H and O–H groups in total. The Labute approximate surface area is 191 Å². The van der Waals surface area contributed by atoms with E-state index in [9.17, 15) is 9.90 Å². The Hall–Kier alpha value is -3.78. The third kappa shape index (κ3) is 5.18. The van der Waals surface area contributed by atoms with Crippen LogP contribution in [0.5, 0.6) is 0 Å². The minimum absolute atomic E-state index is 0.0755. The standard InChI is InChI=1S/C25H26FN5O2/c1-25(33)11-15-30(16-12-25)19-7-8-22(20(26)17-19)31-14-10-23(32)24(29-31)21(9-13-27)28-18-5-3-2-4-6-18/h2-10,13-14,17,27-28,33H,11-12,15-16H2,1H3/b21-9-,27-13?. The number of rotatable bonds is 6. The predicted molar refractivity (Wildman–Crippen MR) is 129 cm³/mol. The van der Waals surface area contributed by atoms with Crippen LogP contribution in [0.4, 0.5) is 15.8 Å². The monoisotopic (exact) mass is 447 g/mol. The molecular weight excluding hydrogens is 421 g/mol. The molecule has 170 valence electrons. The number of para-hydroxylation sites is 1. The minimum Gasteiger partial charge on any atom is -0.390 e. The first kappa shape index (κ1) is 22.4. The molecule has 4 rings (SSSR count). The number of anilines is 2. The van der Waals surface area contributed by atoms with E-state index in [2.05, 4.69) is 10.4 Å². The Bertz CT molecular complexity index is 1230. The molecule has 1 aliphatic rings. The van der Waals surface area contributed by atoms with Gasteiger partial charge in [-0.3, -0.25) is 4.79 Å². The highest BCUT2D eigenvalue weighted by atomic mass is 19.1. The van der Waals surface area contributed by atoms with Crippen LogP contribution in [-0.4, -0.2) is 39.8 Å². The molecule has 0 aliphatic carbocycles. The van der Waals surface area contributed by atoms with Crippen molar-refractivity contribution in [3.8, 4) is 5.69 Å². The second kappa shape index (κ2) is 9.38. The number of allylic oxidation sites excluding steroid dienone is 1. The molecule has 1 aromatic heterocycles. The molecule has 0 spiro atoms. The topological polar surface area (TPSA) is 94.2 Å². The summed E-state index contributed by atoms with van der Waals surface area (Å²) in [6, 6.07) is 15.5. The molecular formula is C25H26FN5O2. The zero-order valence-electron chi connectivity index (χ0n) is 18.3. The van der Waals surface area contributed by atoms with E-state index in [1.807, 2.05) is 48.2 Å². The lowest BCUT2D eigenvalue weighted by Crippen LogP contribution is -2.42. The normalized spacial score (nSPS) is 15.8. The van der Waals surface area contributed by atoms with Gasteiger partial charge in [0.15, 0.2) is 11.5 Å². The second-order valence-corrected chi connectivity index (χ2v) is 8.33. The molecule has 3 aromatic rings. The Balaban J connectivity index is 1.64. The number of nitrogens with one attached hydrogen (secondary N) is 2. The Morgan fingerprint density at radius 1 is 1.18 bits per heavy atom. The molecule has 1 aliphatic heterocycles. The summed E-state index contributed by atoms with van der Waals surface area (Å²) in [5.74, 6) is -0.472. The van der Waals surface area contributed by atoms with Gasteiger partial charge in [0, 0.05) is 42.9 Å². The summed E-state index contributed by atoms with van der Waals surface area (Å²) in [7, 11) is 0. The fraction of sp³-hybridized carbons (Fsp3) is 0.240. The zero-order chi connectivity index (χ0) is 23.4. The Morgan fingerprint density at radius 2 is 1.91 bits per heavy atom. The molecule has 0 bridgehead atoms. The summed E-state index contributed by atoms with van der Waals surface area (Å²) in [5, 5.41) is 25.1. The van der Waals surface area contributed by atoms with E-state index < -0.39 is 11.4 Å². The van der Waals surface area contributed by atoms with Gasteiger partial charge in [0.25, 0.3) is 0 Å². The van der Waals surface area contributed by atoms with Crippen LogP contribution in [0.25, 0.3) is 11.4 Å². The molecule has 0 atom stereocenters. The Kier molecular flexibility index (Phi) is 6.37. The second-order valence-electron chi connectivity index (χ2n) is 8.33. The summed E-state index contributed by atoms with van der Waals surface area (Å²) in [6.45, 7) is 3.12. The van der Waals surface area contributed by atoms with Crippen LogP contribution in [0.2, 0.25) is 0 Å². The van der Waals surface area contributed by atoms with Gasteiger partial charge in [0.1, 0.15) is 5.69 Å². The highest BCUT2D eigenvalue weighted by molar-refractivity contribution is 5.86. The van der Waals surface area contributed by atoms with Crippen molar-refractivity contribution in [2.75, 3.05) is 23.3 Å². The quantitative estimate of drug-likeness (QED) is 0.500. The molecule has 0 unspecified atom stereocenters. The number of halogens is 1. The highest BCUT2D eigenvalue weighted by Crippen LogP contribution is 2.28. The maximum Gasteiger partial charge on any atom is 0.209 e. The number of hydrogen-bond donors (Lipinski definition) is 3. The van der Waals surface area contributed by atoms with E-state index >= 15 is 4.39 Å². The molecule has 2 heterocycles. The minimum atomic E-state index is -0.680. The van der Waals surface area contributed by atoms with Gasteiger partial charge in [-0.1, -0.05) is 18.2 Å². The van der Waals surface area contributed by atoms with Crippen molar-refractivity contribution >= 4 is 23.3 Å². The molecule has 8 heteroatoms. The number of aromatic nitrogens is 2. The van der Waals surface area contributed by atoms with Crippen LogP contribution in [0.15, 0.2) is 71.7 Å². The molecule has 2 aromatic carbocycles. The van der Waals surface area contributed by atoms with Crippen molar-refractivity contribution in [2.24, 2.45) is 0 Å². The summed E-state index contributed by atoms with van der Waals surface area (Å²) >= 11 is 0. The smallest absolute Gasteiger partial charge is 0.209 e. The van der Waals surface area contributed by atoms with Crippen LogP contribution in [0.3, 0.4) is 0 Å². The number of piperidine rings is 1. The van der Waals surface area contributed by atoms with Crippen molar-refractivity contribution in [3.63, 3.8) is 0 Å². The molecule has 0 amide bonds. The van der Waals surface area contributed by atoms with Crippen molar-refractivity contribution < 1.29 is 9.50 Å². The SMILES string of the molecule is CC1(O)CCN(c2ccc(-n3ccc(=O)c(/C(=C/C=N)Nc4ccccc4)n3)c(F)c2)CC1. The van der Waals surface area contributed by atoms with E-state index in [0.717, 1.165) is 17.6 Å². The molecule has 1 fully saturated rings. The van der Waals surface area contributed by atoms with Crippen molar-refractivity contribution in [1.29, 1.82) is 5.41 Å². The summed E-state index contributed by atoms with van der Waals surface area (Å²) in [5.41, 5.74) is 1.07. The van der Waals surface area contributed by atoms with Gasteiger partial charge in [0.2, 0.25) is 5.43 Å². The van der Waals surface area contributed by atoms with Gasteiger partial charge in [-0.15, -0.1) is 0 Å². The van der Waals surface area contributed by atoms with E-state index in [0.29, 0.717) is 31.6 Å². The summed E-state index contributed by atoms with van der Waals surface area (Å²) in [4.78, 5) is 14.6. The first-order valence-corrected chi connectivity index (χ1v) is 10.8. The molecule has 0 radical (unpaired) electrons. The highest BCUT2D eigenvalue weighted by Gasteiger charge is 2.27. The van der Waals surface area contributed by atoms with Gasteiger partial charge in [0.05, 0.1) is 11.3 Å². The Morgan fingerprint density at radius 3 is 2.58 bits per heavy atom. The first-order chi connectivity index (χ1) is 15.9. The van der Waals surface area contributed by atoms with Crippen LogP contribution in [0.1, 0.15) is 25.5 Å². The molecule has 7 nitrogen and oxygen atoms in total. The van der Waals surface area contributed by atoms with Gasteiger partial charge in [-0.25, -0.2) is 9.07 Å². The van der Waals surface area contributed by atoms with E-state index in [1.54, 1.807) is 6.07 Å². The van der Waals surface area contributed by atoms with Gasteiger partial charge >= 0.3 is 0 Å². The van der Waals surface area contributed by atoms with Gasteiger partial charge in [-0.2, -0.15) is 5.10 Å². The summed E-state index contributed by atoms with van der Waals surface area (Å²) in [6.07, 6.45) is 5.17. The third-order valence-electron chi connectivity index (χ3n) is 5.75. The predicted octanol–water partition coefficient (Wildman–Crippen LogP) is 3.83. The lowest BCUT2D eigenvalue weighted by molar-refractivity contribution is 0.0351. The largest absolute Gasteiger partial charge is 0.390 e. The average Bonchev–Trinajstić information content (AvgIpc) is 2.80. The third-order valence-corrected chi connectivity index (χ3v) is 5.75. The number of nitrogens with zero attached hydrogens (tertiary/aromatic N) is 3. The van der Waals surface area contributed by atoms with Crippen LogP contribution >= 0.6 is 0 Å².